The number of carbonyl (C=O) groups is 3. The molecular formula is C47H53NO9. The standard InChI is InChI=1S/C47H53NO9/c1-3-5-10-33-56-47(51)43-34-42(57-46(50)39-21-25-41(26-22-39)53-30-12-7-9-14-32-55-45(49)4-2)27-28-44(43)54-31-13-8-6-11-29-52-40-23-19-38(20-24-40)37-17-15-36(35-48)16-18-37/h4,15-28,34H,2-3,5-14,29-33H2,1H3. The van der Waals surface area contributed by atoms with E-state index in [1.54, 1.807) is 36.4 Å². The predicted molar refractivity (Wildman–Crippen MR) is 219 cm³/mol. The van der Waals surface area contributed by atoms with Gasteiger partial charge >= 0.3 is 17.9 Å². The number of unbranched alkanes of at least 4 members (excludes halogenated alkanes) is 8. The lowest BCUT2D eigenvalue weighted by Gasteiger charge is -2.13. The monoisotopic (exact) mass is 775 g/mol. The van der Waals surface area contributed by atoms with Crippen molar-refractivity contribution >= 4 is 17.9 Å². The number of rotatable bonds is 26. The zero-order valence-electron chi connectivity index (χ0n) is 32.9. The number of hydrogen-bond donors (Lipinski definition) is 0. The van der Waals surface area contributed by atoms with Crippen LogP contribution in [-0.2, 0) is 14.3 Å². The minimum Gasteiger partial charge on any atom is -0.494 e. The molecule has 0 aliphatic rings. The van der Waals surface area contributed by atoms with Crippen molar-refractivity contribution in [1.29, 1.82) is 5.26 Å². The highest BCUT2D eigenvalue weighted by Gasteiger charge is 2.18. The Morgan fingerprint density at radius 1 is 0.579 bits per heavy atom. The van der Waals surface area contributed by atoms with Gasteiger partial charge in [0.2, 0.25) is 0 Å². The van der Waals surface area contributed by atoms with Crippen molar-refractivity contribution in [2.75, 3.05) is 33.0 Å². The summed E-state index contributed by atoms with van der Waals surface area (Å²) in [5, 5.41) is 9.01. The van der Waals surface area contributed by atoms with Crippen molar-refractivity contribution in [3.63, 3.8) is 0 Å². The van der Waals surface area contributed by atoms with Crippen LogP contribution < -0.4 is 18.9 Å². The maximum absolute atomic E-state index is 13.1. The molecule has 0 heterocycles. The molecule has 4 aromatic carbocycles. The van der Waals surface area contributed by atoms with Gasteiger partial charge in [-0.15, -0.1) is 0 Å². The number of nitriles is 1. The second kappa shape index (κ2) is 25.2. The van der Waals surface area contributed by atoms with Crippen LogP contribution in [0.4, 0.5) is 0 Å². The Morgan fingerprint density at radius 3 is 1.67 bits per heavy atom. The Hall–Kier alpha value is -6.08. The molecule has 0 saturated heterocycles. The Bertz CT molecular complexity index is 1880. The van der Waals surface area contributed by atoms with Gasteiger partial charge in [-0.2, -0.15) is 5.26 Å². The summed E-state index contributed by atoms with van der Waals surface area (Å²) >= 11 is 0. The molecule has 0 N–H and O–H groups in total. The third-order valence-electron chi connectivity index (χ3n) is 8.94. The minimum atomic E-state index is -0.571. The Kier molecular flexibility index (Phi) is 19.3. The lowest BCUT2D eigenvalue weighted by atomic mass is 10.0. The molecule has 0 aromatic heterocycles. The molecule has 0 amide bonds. The van der Waals surface area contributed by atoms with Gasteiger partial charge in [0.1, 0.15) is 28.6 Å². The van der Waals surface area contributed by atoms with Crippen LogP contribution in [-0.4, -0.2) is 50.9 Å². The number of benzene rings is 4. The molecule has 57 heavy (non-hydrogen) atoms. The topological polar surface area (TPSA) is 130 Å². The lowest BCUT2D eigenvalue weighted by Crippen LogP contribution is -2.12. The lowest BCUT2D eigenvalue weighted by molar-refractivity contribution is -0.137. The summed E-state index contributed by atoms with van der Waals surface area (Å²) in [4.78, 5) is 37.2. The summed E-state index contributed by atoms with van der Waals surface area (Å²) in [5.74, 6) is 0.520. The number of nitrogens with zero attached hydrogens (tertiary/aromatic N) is 1. The van der Waals surface area contributed by atoms with Crippen LogP contribution in [0.3, 0.4) is 0 Å². The maximum Gasteiger partial charge on any atom is 0.343 e. The fourth-order valence-electron chi connectivity index (χ4n) is 5.70. The number of esters is 3. The van der Waals surface area contributed by atoms with Gasteiger partial charge in [-0.05, 0) is 136 Å². The minimum absolute atomic E-state index is 0.205. The zero-order chi connectivity index (χ0) is 40.5. The number of ether oxygens (including phenoxy) is 6. The largest absolute Gasteiger partial charge is 0.494 e. The van der Waals surface area contributed by atoms with Crippen molar-refractivity contribution in [3.05, 3.63) is 120 Å². The fraction of sp³-hybridized carbons (Fsp3) is 0.362. The zero-order valence-corrected chi connectivity index (χ0v) is 32.9. The van der Waals surface area contributed by atoms with Gasteiger partial charge in [-0.1, -0.05) is 50.6 Å². The molecule has 0 spiro atoms. The van der Waals surface area contributed by atoms with E-state index in [0.717, 1.165) is 93.6 Å². The first kappa shape index (κ1) is 43.6. The highest BCUT2D eigenvalue weighted by molar-refractivity contribution is 5.94. The fourth-order valence-corrected chi connectivity index (χ4v) is 5.70. The molecule has 4 rings (SSSR count). The van der Waals surface area contributed by atoms with Gasteiger partial charge < -0.3 is 28.4 Å². The molecule has 0 saturated carbocycles. The van der Waals surface area contributed by atoms with Crippen LogP contribution in [0.15, 0.2) is 104 Å². The van der Waals surface area contributed by atoms with E-state index >= 15 is 0 Å². The van der Waals surface area contributed by atoms with Gasteiger partial charge in [0, 0.05) is 6.08 Å². The summed E-state index contributed by atoms with van der Waals surface area (Å²) in [7, 11) is 0. The quantitative estimate of drug-likeness (QED) is 0.0263. The van der Waals surface area contributed by atoms with E-state index < -0.39 is 17.9 Å². The maximum atomic E-state index is 13.1. The van der Waals surface area contributed by atoms with E-state index in [1.807, 2.05) is 48.5 Å². The second-order valence-corrected chi connectivity index (χ2v) is 13.4. The van der Waals surface area contributed by atoms with E-state index in [-0.39, 0.29) is 11.3 Å². The second-order valence-electron chi connectivity index (χ2n) is 13.4. The summed E-state index contributed by atoms with van der Waals surface area (Å²) in [5.41, 5.74) is 3.29. The molecule has 0 atom stereocenters. The summed E-state index contributed by atoms with van der Waals surface area (Å²) in [6.45, 7) is 7.67. The molecule has 0 bridgehead atoms. The van der Waals surface area contributed by atoms with Crippen molar-refractivity contribution in [2.45, 2.75) is 77.6 Å². The van der Waals surface area contributed by atoms with Crippen molar-refractivity contribution < 1.29 is 42.8 Å². The molecule has 0 unspecified atom stereocenters. The molecule has 0 aliphatic carbocycles. The first-order valence-corrected chi connectivity index (χ1v) is 19.8. The summed E-state index contributed by atoms with van der Waals surface area (Å²) < 4.78 is 33.9. The van der Waals surface area contributed by atoms with Gasteiger partial charge in [-0.3, -0.25) is 0 Å². The average Bonchev–Trinajstić information content (AvgIpc) is 3.24. The molecule has 10 heteroatoms. The number of carbonyl (C=O) groups excluding carboxylic acids is 3. The van der Waals surface area contributed by atoms with Crippen molar-refractivity contribution in [3.8, 4) is 40.2 Å². The van der Waals surface area contributed by atoms with Crippen molar-refractivity contribution in [2.24, 2.45) is 0 Å². The highest BCUT2D eigenvalue weighted by atomic mass is 16.5. The molecule has 300 valence electrons. The smallest absolute Gasteiger partial charge is 0.343 e. The summed E-state index contributed by atoms with van der Waals surface area (Å²) in [6, 6.07) is 29.0. The van der Waals surface area contributed by atoms with E-state index in [2.05, 4.69) is 19.6 Å². The molecule has 0 radical (unpaired) electrons. The van der Waals surface area contributed by atoms with Gasteiger partial charge in [0.25, 0.3) is 0 Å². The van der Waals surface area contributed by atoms with Crippen LogP contribution in [0.1, 0.15) is 104 Å². The van der Waals surface area contributed by atoms with Crippen LogP contribution >= 0.6 is 0 Å². The van der Waals surface area contributed by atoms with E-state index in [0.29, 0.717) is 55.7 Å². The summed E-state index contributed by atoms with van der Waals surface area (Å²) in [6.07, 6.45) is 10.9. The molecule has 0 aliphatic heterocycles. The van der Waals surface area contributed by atoms with Crippen LogP contribution in [0, 0.1) is 11.3 Å². The van der Waals surface area contributed by atoms with E-state index in [9.17, 15) is 14.4 Å². The Morgan fingerprint density at radius 2 is 1.09 bits per heavy atom. The highest BCUT2D eigenvalue weighted by Crippen LogP contribution is 2.27. The first-order valence-electron chi connectivity index (χ1n) is 19.8. The molecular weight excluding hydrogens is 723 g/mol. The number of hydrogen-bond acceptors (Lipinski definition) is 10. The SMILES string of the molecule is C=CC(=O)OCCCCCCOc1ccc(C(=O)Oc2ccc(OCCCCCCOc3ccc(-c4ccc(C#N)cc4)cc3)c(C(=O)OCCCCC)c2)cc1. The molecule has 10 nitrogen and oxygen atoms in total. The van der Waals surface area contributed by atoms with E-state index in [1.165, 1.54) is 6.07 Å². The normalized spacial score (nSPS) is 10.5. The van der Waals surface area contributed by atoms with E-state index in [4.69, 9.17) is 33.7 Å². The van der Waals surface area contributed by atoms with Gasteiger partial charge in [-0.25, -0.2) is 14.4 Å². The Labute approximate surface area is 336 Å². The molecule has 0 fully saturated rings. The third kappa shape index (κ3) is 15.9. The average molecular weight is 776 g/mol. The Balaban J connectivity index is 1.19. The van der Waals surface area contributed by atoms with Crippen LogP contribution in [0.2, 0.25) is 0 Å². The first-order chi connectivity index (χ1) is 27.9. The predicted octanol–water partition coefficient (Wildman–Crippen LogP) is 10.5. The van der Waals surface area contributed by atoms with Gasteiger partial charge in [0.05, 0.1) is 50.2 Å². The molecule has 4 aromatic rings. The van der Waals surface area contributed by atoms with Crippen LogP contribution in [0.5, 0.6) is 23.0 Å². The van der Waals surface area contributed by atoms with Crippen molar-refractivity contribution in [1.82, 2.24) is 0 Å². The third-order valence-corrected chi connectivity index (χ3v) is 8.94. The van der Waals surface area contributed by atoms with Crippen LogP contribution in [0.25, 0.3) is 11.1 Å². The van der Waals surface area contributed by atoms with Gasteiger partial charge in [0.15, 0.2) is 0 Å².